The molecule has 1 aliphatic rings. The number of methoxy groups -OCH3 is 1. The third-order valence-corrected chi connectivity index (χ3v) is 4.14. The molecule has 1 saturated heterocycles. The maximum Gasteiger partial charge on any atom is 0.339 e. The van der Waals surface area contributed by atoms with E-state index in [1.165, 1.54) is 13.5 Å². The molecule has 1 fully saturated rings. The van der Waals surface area contributed by atoms with Crippen LogP contribution in [0.5, 0.6) is 0 Å². The highest BCUT2D eigenvalue weighted by atomic mass is 16.5. The Hall–Kier alpha value is -2.96. The van der Waals surface area contributed by atoms with Gasteiger partial charge in [-0.15, -0.1) is 10.2 Å². The van der Waals surface area contributed by atoms with Crippen molar-refractivity contribution in [2.24, 2.45) is 0 Å². The van der Waals surface area contributed by atoms with Crippen molar-refractivity contribution in [2.45, 2.75) is 19.3 Å². The summed E-state index contributed by atoms with van der Waals surface area (Å²) in [4.78, 5) is 26.3. The summed E-state index contributed by atoms with van der Waals surface area (Å²) in [6.07, 6.45) is 3.53. The molecule has 1 aliphatic heterocycles. The van der Waals surface area contributed by atoms with Crippen LogP contribution in [0.25, 0.3) is 0 Å². The summed E-state index contributed by atoms with van der Waals surface area (Å²) in [5.74, 6) is -0.150. The van der Waals surface area contributed by atoms with Gasteiger partial charge in [0.15, 0.2) is 11.5 Å². The van der Waals surface area contributed by atoms with Crippen molar-refractivity contribution in [1.82, 2.24) is 10.2 Å². The average Bonchev–Trinajstić information content (AvgIpc) is 2.68. The SMILES string of the molecule is COC(=O)c1ccccc1NC(=O)c1ccc(N2CCCCC2)nn1. The lowest BCUT2D eigenvalue weighted by Gasteiger charge is -2.27. The van der Waals surface area contributed by atoms with Gasteiger partial charge in [-0.2, -0.15) is 0 Å². The number of piperidine rings is 1. The lowest BCUT2D eigenvalue weighted by Crippen LogP contribution is -2.30. The maximum atomic E-state index is 12.4. The molecule has 0 atom stereocenters. The molecule has 0 radical (unpaired) electrons. The maximum absolute atomic E-state index is 12.4. The van der Waals surface area contributed by atoms with Crippen LogP contribution < -0.4 is 10.2 Å². The standard InChI is InChI=1S/C18H20N4O3/c1-25-18(24)13-7-3-4-8-14(13)19-17(23)15-9-10-16(21-20-15)22-11-5-2-6-12-22/h3-4,7-10H,2,5-6,11-12H2,1H3,(H,19,23). The van der Waals surface area contributed by atoms with Crippen molar-refractivity contribution in [3.63, 3.8) is 0 Å². The van der Waals surface area contributed by atoms with Crippen molar-refractivity contribution in [3.05, 3.63) is 47.7 Å². The molecule has 0 bridgehead atoms. The van der Waals surface area contributed by atoms with E-state index >= 15 is 0 Å². The Labute approximate surface area is 146 Å². The summed E-state index contributed by atoms with van der Waals surface area (Å²) in [6, 6.07) is 10.1. The van der Waals surface area contributed by atoms with Crippen LogP contribution >= 0.6 is 0 Å². The number of aromatic nitrogens is 2. The van der Waals surface area contributed by atoms with Crippen molar-refractivity contribution >= 4 is 23.4 Å². The zero-order valence-electron chi connectivity index (χ0n) is 14.1. The highest BCUT2D eigenvalue weighted by Gasteiger charge is 2.17. The molecule has 2 aromatic rings. The van der Waals surface area contributed by atoms with Crippen molar-refractivity contribution in [1.29, 1.82) is 0 Å². The monoisotopic (exact) mass is 340 g/mol. The summed E-state index contributed by atoms with van der Waals surface area (Å²) < 4.78 is 4.72. The normalized spacial score (nSPS) is 14.0. The van der Waals surface area contributed by atoms with Crippen LogP contribution in [0.15, 0.2) is 36.4 Å². The lowest BCUT2D eigenvalue weighted by molar-refractivity contribution is 0.0602. The number of hydrogen-bond donors (Lipinski definition) is 1. The van der Waals surface area contributed by atoms with E-state index in [1.807, 2.05) is 0 Å². The second-order valence-electron chi connectivity index (χ2n) is 5.82. The fraction of sp³-hybridized carbons (Fsp3) is 0.333. The van der Waals surface area contributed by atoms with Gasteiger partial charge in [-0.05, 0) is 43.5 Å². The fourth-order valence-electron chi connectivity index (χ4n) is 2.80. The molecule has 0 aliphatic carbocycles. The van der Waals surface area contributed by atoms with Gasteiger partial charge in [0.1, 0.15) is 0 Å². The van der Waals surface area contributed by atoms with E-state index in [2.05, 4.69) is 20.4 Å². The van der Waals surface area contributed by atoms with Gasteiger partial charge in [0.25, 0.3) is 5.91 Å². The van der Waals surface area contributed by atoms with Gasteiger partial charge in [-0.3, -0.25) is 4.79 Å². The first-order chi connectivity index (χ1) is 12.2. The van der Waals surface area contributed by atoms with E-state index in [9.17, 15) is 9.59 Å². The number of benzene rings is 1. The Bertz CT molecular complexity index is 755. The Morgan fingerprint density at radius 3 is 2.48 bits per heavy atom. The molecule has 1 aromatic heterocycles. The van der Waals surface area contributed by atoms with Gasteiger partial charge < -0.3 is 15.0 Å². The van der Waals surface area contributed by atoms with Gasteiger partial charge in [0, 0.05) is 13.1 Å². The number of nitrogens with zero attached hydrogens (tertiary/aromatic N) is 3. The molecular formula is C18H20N4O3. The van der Waals surface area contributed by atoms with Crippen LogP contribution in [0.4, 0.5) is 11.5 Å². The Kier molecular flexibility index (Phi) is 5.23. The smallest absolute Gasteiger partial charge is 0.339 e. The third-order valence-electron chi connectivity index (χ3n) is 4.14. The number of para-hydroxylation sites is 1. The van der Waals surface area contributed by atoms with Crippen LogP contribution in [0.3, 0.4) is 0 Å². The van der Waals surface area contributed by atoms with E-state index in [4.69, 9.17) is 4.74 Å². The number of nitrogens with one attached hydrogen (secondary N) is 1. The highest BCUT2D eigenvalue weighted by Crippen LogP contribution is 2.19. The van der Waals surface area contributed by atoms with E-state index in [0.29, 0.717) is 5.69 Å². The molecule has 1 N–H and O–H groups in total. The first kappa shape index (κ1) is 16.9. The van der Waals surface area contributed by atoms with E-state index in [-0.39, 0.29) is 11.3 Å². The molecule has 0 unspecified atom stereocenters. The quantitative estimate of drug-likeness (QED) is 0.861. The van der Waals surface area contributed by atoms with Crippen molar-refractivity contribution in [3.8, 4) is 0 Å². The van der Waals surface area contributed by atoms with Crippen LogP contribution in [0.2, 0.25) is 0 Å². The molecular weight excluding hydrogens is 320 g/mol. The topological polar surface area (TPSA) is 84.4 Å². The lowest BCUT2D eigenvalue weighted by atomic mass is 10.1. The highest BCUT2D eigenvalue weighted by molar-refractivity contribution is 6.07. The molecule has 0 spiro atoms. The van der Waals surface area contributed by atoms with Crippen LogP contribution in [0, 0.1) is 0 Å². The van der Waals surface area contributed by atoms with Crippen molar-refractivity contribution < 1.29 is 14.3 Å². The van der Waals surface area contributed by atoms with Crippen LogP contribution in [-0.2, 0) is 4.74 Å². The first-order valence-electron chi connectivity index (χ1n) is 8.26. The number of carbonyl (C=O) groups is 2. The Balaban J connectivity index is 1.72. The predicted molar refractivity (Wildman–Crippen MR) is 93.8 cm³/mol. The minimum absolute atomic E-state index is 0.195. The van der Waals surface area contributed by atoms with Crippen molar-refractivity contribution in [2.75, 3.05) is 30.4 Å². The number of ether oxygens (including phenoxy) is 1. The molecule has 1 amide bonds. The van der Waals surface area contributed by atoms with E-state index < -0.39 is 11.9 Å². The zero-order valence-corrected chi connectivity index (χ0v) is 14.1. The molecule has 1 aromatic carbocycles. The van der Waals surface area contributed by atoms with Gasteiger partial charge in [-0.25, -0.2) is 4.79 Å². The summed E-state index contributed by atoms with van der Waals surface area (Å²) in [5, 5.41) is 10.9. The first-order valence-corrected chi connectivity index (χ1v) is 8.26. The molecule has 25 heavy (non-hydrogen) atoms. The van der Waals surface area contributed by atoms with E-state index in [0.717, 1.165) is 31.7 Å². The number of esters is 1. The summed E-state index contributed by atoms with van der Waals surface area (Å²) in [5.41, 5.74) is 0.859. The number of hydrogen-bond acceptors (Lipinski definition) is 6. The minimum atomic E-state index is -0.512. The van der Waals surface area contributed by atoms with Gasteiger partial charge >= 0.3 is 5.97 Å². The molecule has 2 heterocycles. The summed E-state index contributed by atoms with van der Waals surface area (Å²) in [6.45, 7) is 1.93. The molecule has 3 rings (SSSR count). The van der Waals surface area contributed by atoms with E-state index in [1.54, 1.807) is 36.4 Å². The number of amides is 1. The van der Waals surface area contributed by atoms with Crippen LogP contribution in [-0.4, -0.2) is 42.3 Å². The predicted octanol–water partition coefficient (Wildman–Crippen LogP) is 2.51. The Morgan fingerprint density at radius 1 is 1.04 bits per heavy atom. The minimum Gasteiger partial charge on any atom is -0.465 e. The fourth-order valence-corrected chi connectivity index (χ4v) is 2.80. The zero-order chi connectivity index (χ0) is 17.6. The largest absolute Gasteiger partial charge is 0.465 e. The molecule has 7 heteroatoms. The summed E-state index contributed by atoms with van der Waals surface area (Å²) in [7, 11) is 1.30. The number of carbonyl (C=O) groups excluding carboxylic acids is 2. The van der Waals surface area contributed by atoms with Gasteiger partial charge in [0.05, 0.1) is 18.4 Å². The van der Waals surface area contributed by atoms with Gasteiger partial charge in [-0.1, -0.05) is 12.1 Å². The second-order valence-corrected chi connectivity index (χ2v) is 5.82. The third kappa shape index (κ3) is 3.93. The average molecular weight is 340 g/mol. The van der Waals surface area contributed by atoms with Crippen LogP contribution in [0.1, 0.15) is 40.1 Å². The molecule has 130 valence electrons. The summed E-state index contributed by atoms with van der Waals surface area (Å²) >= 11 is 0. The molecule has 7 nitrogen and oxygen atoms in total. The molecule has 0 saturated carbocycles. The number of anilines is 2. The second kappa shape index (κ2) is 7.74. The Morgan fingerprint density at radius 2 is 1.80 bits per heavy atom. The number of rotatable bonds is 4. The van der Waals surface area contributed by atoms with Gasteiger partial charge in [0.2, 0.25) is 0 Å².